The number of nitro groups is 1. The molecule has 6 heteroatoms. The Morgan fingerprint density at radius 3 is 2.55 bits per heavy atom. The van der Waals surface area contributed by atoms with Crippen molar-refractivity contribution in [1.29, 1.82) is 0 Å². The molecule has 0 aliphatic carbocycles. The molecule has 1 atom stereocenters. The number of rotatable bonds is 8. The highest BCUT2D eigenvalue weighted by Gasteiger charge is 2.12. The zero-order chi connectivity index (χ0) is 15.1. The van der Waals surface area contributed by atoms with Crippen LogP contribution in [0, 0.1) is 16.0 Å². The Morgan fingerprint density at radius 1 is 1.30 bits per heavy atom. The van der Waals surface area contributed by atoms with Crippen LogP contribution in [0.15, 0.2) is 18.2 Å². The predicted molar refractivity (Wildman–Crippen MR) is 78.4 cm³/mol. The zero-order valence-electron chi connectivity index (χ0n) is 12.4. The van der Waals surface area contributed by atoms with Crippen molar-refractivity contribution in [3.05, 3.63) is 28.3 Å². The van der Waals surface area contributed by atoms with Gasteiger partial charge in [-0.25, -0.2) is 0 Å². The van der Waals surface area contributed by atoms with Crippen LogP contribution in [0.25, 0.3) is 0 Å². The number of hydrogen-bond acceptors (Lipinski definition) is 5. The van der Waals surface area contributed by atoms with E-state index in [2.05, 4.69) is 5.32 Å². The van der Waals surface area contributed by atoms with Gasteiger partial charge in [0.05, 0.1) is 23.7 Å². The van der Waals surface area contributed by atoms with Gasteiger partial charge in [0.2, 0.25) is 0 Å². The Balaban J connectivity index is 2.83. The van der Waals surface area contributed by atoms with E-state index in [-0.39, 0.29) is 11.8 Å². The van der Waals surface area contributed by atoms with E-state index in [1.807, 2.05) is 20.8 Å². The van der Waals surface area contributed by atoms with Crippen molar-refractivity contribution >= 4 is 11.4 Å². The summed E-state index contributed by atoms with van der Waals surface area (Å²) in [4.78, 5) is 10.5. The number of methoxy groups -OCH3 is 1. The van der Waals surface area contributed by atoms with Crippen molar-refractivity contribution in [2.24, 2.45) is 5.92 Å². The quantitative estimate of drug-likeness (QED) is 0.586. The average Bonchev–Trinajstić information content (AvgIpc) is 2.35. The van der Waals surface area contributed by atoms with Gasteiger partial charge in [-0.05, 0) is 19.8 Å². The molecule has 0 saturated heterocycles. The molecule has 0 fully saturated rings. The van der Waals surface area contributed by atoms with Crippen molar-refractivity contribution in [2.45, 2.75) is 26.9 Å². The molecule has 0 bridgehead atoms. The largest absolute Gasteiger partial charge is 0.491 e. The summed E-state index contributed by atoms with van der Waals surface area (Å²) in [5.74, 6) is 0.810. The molecular weight excluding hydrogens is 260 g/mol. The van der Waals surface area contributed by atoms with Crippen LogP contribution < -0.4 is 10.1 Å². The first-order valence-corrected chi connectivity index (χ1v) is 6.61. The summed E-state index contributed by atoms with van der Waals surface area (Å²) in [7, 11) is 1.65. The van der Waals surface area contributed by atoms with Gasteiger partial charge in [0, 0.05) is 31.5 Å². The van der Waals surface area contributed by atoms with Crippen LogP contribution in [0.5, 0.6) is 5.75 Å². The minimum absolute atomic E-state index is 0.0186. The SMILES string of the molecule is COCC(C)CNc1cc(OC(C)C)cc([N+](=O)[O-])c1. The van der Waals surface area contributed by atoms with E-state index < -0.39 is 4.92 Å². The highest BCUT2D eigenvalue weighted by Crippen LogP contribution is 2.26. The van der Waals surface area contributed by atoms with Crippen LogP contribution in [0.2, 0.25) is 0 Å². The fourth-order valence-corrected chi connectivity index (χ4v) is 1.77. The van der Waals surface area contributed by atoms with Gasteiger partial charge >= 0.3 is 0 Å². The lowest BCUT2D eigenvalue weighted by Gasteiger charge is -2.14. The highest BCUT2D eigenvalue weighted by atomic mass is 16.6. The maximum atomic E-state index is 10.9. The fourth-order valence-electron chi connectivity index (χ4n) is 1.77. The second kappa shape index (κ2) is 7.69. The number of hydrogen-bond donors (Lipinski definition) is 1. The van der Waals surface area contributed by atoms with Gasteiger partial charge in [0.25, 0.3) is 5.69 Å². The number of nitrogens with one attached hydrogen (secondary N) is 1. The van der Waals surface area contributed by atoms with Gasteiger partial charge in [-0.3, -0.25) is 10.1 Å². The highest BCUT2D eigenvalue weighted by molar-refractivity contribution is 5.56. The first-order valence-electron chi connectivity index (χ1n) is 6.61. The van der Waals surface area contributed by atoms with Gasteiger partial charge in [-0.2, -0.15) is 0 Å². The third-order valence-corrected chi connectivity index (χ3v) is 2.58. The first-order chi connectivity index (χ1) is 9.42. The second-order valence-electron chi connectivity index (χ2n) is 5.08. The Kier molecular flexibility index (Phi) is 6.24. The van der Waals surface area contributed by atoms with Crippen LogP contribution in [-0.4, -0.2) is 31.3 Å². The van der Waals surface area contributed by atoms with Crippen molar-refractivity contribution < 1.29 is 14.4 Å². The van der Waals surface area contributed by atoms with E-state index in [0.29, 0.717) is 30.5 Å². The zero-order valence-corrected chi connectivity index (χ0v) is 12.4. The molecule has 0 radical (unpaired) electrons. The van der Waals surface area contributed by atoms with Gasteiger partial charge in [0.15, 0.2) is 0 Å². The third kappa shape index (κ3) is 5.44. The smallest absolute Gasteiger partial charge is 0.275 e. The number of non-ortho nitro benzene ring substituents is 1. The maximum absolute atomic E-state index is 10.9. The van der Waals surface area contributed by atoms with Gasteiger partial charge < -0.3 is 14.8 Å². The summed E-state index contributed by atoms with van der Waals surface area (Å²) in [6, 6.07) is 4.71. The van der Waals surface area contributed by atoms with Crippen LogP contribution in [-0.2, 0) is 4.74 Å². The third-order valence-electron chi connectivity index (χ3n) is 2.58. The summed E-state index contributed by atoms with van der Waals surface area (Å²) in [5.41, 5.74) is 0.697. The van der Waals surface area contributed by atoms with Gasteiger partial charge in [-0.15, -0.1) is 0 Å². The number of ether oxygens (including phenoxy) is 2. The molecule has 0 aromatic heterocycles. The van der Waals surface area contributed by atoms with E-state index >= 15 is 0 Å². The predicted octanol–water partition coefficient (Wildman–Crippen LogP) is 3.08. The molecule has 6 nitrogen and oxygen atoms in total. The topological polar surface area (TPSA) is 73.6 Å². The molecule has 1 aromatic carbocycles. The molecule has 112 valence electrons. The minimum atomic E-state index is -0.420. The Labute approximate surface area is 119 Å². The summed E-state index contributed by atoms with van der Waals surface area (Å²) in [5, 5.41) is 14.1. The molecule has 0 heterocycles. The normalized spacial score (nSPS) is 12.2. The van der Waals surface area contributed by atoms with Crippen molar-refractivity contribution in [3.8, 4) is 5.75 Å². The molecule has 0 saturated carbocycles. The van der Waals surface area contributed by atoms with E-state index in [0.717, 1.165) is 0 Å². The number of nitro benzene ring substituents is 1. The molecule has 0 amide bonds. The van der Waals surface area contributed by atoms with E-state index in [1.54, 1.807) is 13.2 Å². The molecule has 1 rings (SSSR count). The molecule has 0 spiro atoms. The van der Waals surface area contributed by atoms with E-state index in [4.69, 9.17) is 9.47 Å². The molecular formula is C14H22N2O4. The van der Waals surface area contributed by atoms with Gasteiger partial charge in [-0.1, -0.05) is 6.92 Å². The van der Waals surface area contributed by atoms with E-state index in [9.17, 15) is 10.1 Å². The lowest BCUT2D eigenvalue weighted by atomic mass is 10.2. The Morgan fingerprint density at radius 2 is 2.00 bits per heavy atom. The van der Waals surface area contributed by atoms with Crippen molar-refractivity contribution in [1.82, 2.24) is 0 Å². The van der Waals surface area contributed by atoms with Crippen molar-refractivity contribution in [2.75, 3.05) is 25.6 Å². The van der Waals surface area contributed by atoms with Crippen LogP contribution in [0.4, 0.5) is 11.4 Å². The maximum Gasteiger partial charge on any atom is 0.275 e. The standard InChI is InChI=1S/C14H22N2O4/c1-10(2)20-14-6-12(5-13(7-14)16(17)18)15-8-11(3)9-19-4/h5-7,10-11,15H,8-9H2,1-4H3. The Bertz CT molecular complexity index is 449. The molecule has 0 aliphatic rings. The number of benzene rings is 1. The second-order valence-corrected chi connectivity index (χ2v) is 5.08. The number of anilines is 1. The fraction of sp³-hybridized carbons (Fsp3) is 0.571. The molecule has 1 unspecified atom stereocenters. The lowest BCUT2D eigenvalue weighted by molar-refractivity contribution is -0.384. The first kappa shape index (κ1) is 16.2. The average molecular weight is 282 g/mol. The Hall–Kier alpha value is -1.82. The van der Waals surface area contributed by atoms with Crippen LogP contribution in [0.1, 0.15) is 20.8 Å². The molecule has 0 aliphatic heterocycles. The summed E-state index contributed by atoms with van der Waals surface area (Å²) in [6.45, 7) is 7.12. The molecule has 1 aromatic rings. The lowest BCUT2D eigenvalue weighted by Crippen LogP contribution is -2.16. The van der Waals surface area contributed by atoms with E-state index in [1.165, 1.54) is 12.1 Å². The summed E-state index contributed by atoms with van der Waals surface area (Å²) in [6.07, 6.45) is -0.0303. The minimum Gasteiger partial charge on any atom is -0.491 e. The van der Waals surface area contributed by atoms with Crippen LogP contribution in [0.3, 0.4) is 0 Å². The van der Waals surface area contributed by atoms with Crippen LogP contribution >= 0.6 is 0 Å². The summed E-state index contributed by atoms with van der Waals surface area (Å²) < 4.78 is 10.6. The molecule has 1 N–H and O–H groups in total. The molecule has 20 heavy (non-hydrogen) atoms. The number of nitrogens with zero attached hydrogens (tertiary/aromatic N) is 1. The van der Waals surface area contributed by atoms with Gasteiger partial charge in [0.1, 0.15) is 5.75 Å². The summed E-state index contributed by atoms with van der Waals surface area (Å²) >= 11 is 0. The van der Waals surface area contributed by atoms with Crippen molar-refractivity contribution in [3.63, 3.8) is 0 Å². The monoisotopic (exact) mass is 282 g/mol.